The van der Waals surface area contributed by atoms with Crippen LogP contribution in [-0.2, 0) is 0 Å². The number of benzene rings is 1. The Labute approximate surface area is 121 Å². The normalized spacial score (nSPS) is 17.4. The molecule has 0 saturated heterocycles. The van der Waals surface area contributed by atoms with E-state index in [1.165, 1.54) is 0 Å². The van der Waals surface area contributed by atoms with Crippen LogP contribution < -0.4 is 9.47 Å². The Morgan fingerprint density at radius 2 is 2.00 bits per heavy atom. The monoisotopic (exact) mass is 279 g/mol. The fourth-order valence-electron chi connectivity index (χ4n) is 2.44. The maximum atomic E-state index is 8.79. The largest absolute Gasteiger partial charge is 0.486 e. The average molecular weight is 279 g/mol. The molecular formula is C16H25NO3. The minimum absolute atomic E-state index is 0.0997. The fraction of sp³-hybridized carbons (Fsp3) is 0.625. The third-order valence-electron chi connectivity index (χ3n) is 3.61. The lowest BCUT2D eigenvalue weighted by atomic mass is 10.2. The Balaban J connectivity index is 1.78. The Hall–Kier alpha value is -1.26. The molecular weight excluding hydrogens is 254 g/mol. The molecule has 0 aliphatic carbocycles. The summed E-state index contributed by atoms with van der Waals surface area (Å²) >= 11 is 0. The second-order valence-corrected chi connectivity index (χ2v) is 5.18. The van der Waals surface area contributed by atoms with Crippen LogP contribution in [0.4, 0.5) is 0 Å². The smallest absolute Gasteiger partial charge is 0.161 e. The molecule has 0 spiro atoms. The molecule has 1 atom stereocenters. The molecule has 1 aliphatic rings. The van der Waals surface area contributed by atoms with Gasteiger partial charge in [-0.25, -0.2) is 0 Å². The van der Waals surface area contributed by atoms with E-state index >= 15 is 0 Å². The summed E-state index contributed by atoms with van der Waals surface area (Å²) in [6.07, 6.45) is 3.20. The zero-order chi connectivity index (χ0) is 14.2. The molecule has 4 heteroatoms. The lowest BCUT2D eigenvalue weighted by molar-refractivity contribution is 0.0595. The lowest BCUT2D eigenvalue weighted by Gasteiger charge is -2.30. The van der Waals surface area contributed by atoms with E-state index in [1.807, 2.05) is 24.3 Å². The lowest BCUT2D eigenvalue weighted by Crippen LogP contribution is -2.41. The number of hydrogen-bond donors (Lipinski definition) is 1. The molecule has 0 amide bonds. The van der Waals surface area contributed by atoms with Crippen molar-refractivity contribution >= 4 is 0 Å². The molecule has 0 aromatic heterocycles. The van der Waals surface area contributed by atoms with Crippen LogP contribution in [0, 0.1) is 0 Å². The number of nitrogens with zero attached hydrogens (tertiary/aromatic N) is 1. The van der Waals surface area contributed by atoms with E-state index in [-0.39, 0.29) is 6.10 Å². The van der Waals surface area contributed by atoms with Crippen molar-refractivity contribution in [3.05, 3.63) is 24.3 Å². The molecule has 112 valence electrons. The first-order valence-corrected chi connectivity index (χ1v) is 7.55. The van der Waals surface area contributed by atoms with Crippen LogP contribution >= 0.6 is 0 Å². The number of para-hydroxylation sites is 2. The molecule has 2 rings (SSSR count). The summed E-state index contributed by atoms with van der Waals surface area (Å²) in [5, 5.41) is 8.79. The van der Waals surface area contributed by atoms with Crippen LogP contribution in [0.1, 0.15) is 26.2 Å². The average Bonchev–Trinajstić information content (AvgIpc) is 2.50. The molecule has 0 bridgehead atoms. The minimum Gasteiger partial charge on any atom is -0.486 e. The van der Waals surface area contributed by atoms with Gasteiger partial charge in [0.15, 0.2) is 11.5 Å². The fourth-order valence-corrected chi connectivity index (χ4v) is 2.44. The van der Waals surface area contributed by atoms with Gasteiger partial charge in [0.25, 0.3) is 0 Å². The molecule has 0 radical (unpaired) electrons. The first-order valence-electron chi connectivity index (χ1n) is 7.55. The zero-order valence-electron chi connectivity index (χ0n) is 12.3. The number of unbranched alkanes of at least 4 members (excludes halogenated alkanes) is 2. The van der Waals surface area contributed by atoms with Gasteiger partial charge in [-0.05, 0) is 44.5 Å². The van der Waals surface area contributed by atoms with Gasteiger partial charge >= 0.3 is 0 Å². The van der Waals surface area contributed by atoms with E-state index in [0.29, 0.717) is 13.2 Å². The van der Waals surface area contributed by atoms with E-state index in [2.05, 4.69) is 11.8 Å². The van der Waals surface area contributed by atoms with Gasteiger partial charge in [-0.15, -0.1) is 0 Å². The Kier molecular flexibility index (Phi) is 6.15. The predicted molar refractivity (Wildman–Crippen MR) is 79.4 cm³/mol. The summed E-state index contributed by atoms with van der Waals surface area (Å²) in [5.41, 5.74) is 0. The number of aliphatic hydroxyl groups excluding tert-OH is 1. The Bertz CT molecular complexity index is 397. The van der Waals surface area contributed by atoms with Crippen LogP contribution in [0.2, 0.25) is 0 Å². The predicted octanol–water partition coefficient (Wildman–Crippen LogP) is 2.31. The van der Waals surface area contributed by atoms with Gasteiger partial charge in [0, 0.05) is 13.2 Å². The van der Waals surface area contributed by atoms with Crippen LogP contribution in [0.5, 0.6) is 11.5 Å². The van der Waals surface area contributed by atoms with Gasteiger partial charge < -0.3 is 14.6 Å². The van der Waals surface area contributed by atoms with Gasteiger partial charge in [-0.3, -0.25) is 4.90 Å². The van der Waals surface area contributed by atoms with Gasteiger partial charge in [0.05, 0.1) is 0 Å². The molecule has 0 saturated carbocycles. The van der Waals surface area contributed by atoms with Gasteiger partial charge in [-0.2, -0.15) is 0 Å². The highest BCUT2D eigenvalue weighted by Crippen LogP contribution is 2.30. The molecule has 1 unspecified atom stereocenters. The van der Waals surface area contributed by atoms with Crippen LogP contribution in [0.25, 0.3) is 0 Å². The molecule has 1 aromatic rings. The maximum Gasteiger partial charge on any atom is 0.161 e. The van der Waals surface area contributed by atoms with Crippen molar-refractivity contribution < 1.29 is 14.6 Å². The first kappa shape index (κ1) is 15.1. The van der Waals surface area contributed by atoms with Gasteiger partial charge in [-0.1, -0.05) is 19.1 Å². The summed E-state index contributed by atoms with van der Waals surface area (Å²) < 4.78 is 11.7. The molecule has 1 aliphatic heterocycles. The standard InChI is InChI=1S/C16H25NO3/c1-2-17(10-6-3-7-11-18)12-14-13-19-15-8-4-5-9-16(15)20-14/h4-5,8-9,14,18H,2-3,6-7,10-13H2,1H3. The summed E-state index contributed by atoms with van der Waals surface area (Å²) in [7, 11) is 0. The maximum absolute atomic E-state index is 8.79. The molecule has 1 aromatic carbocycles. The van der Waals surface area contributed by atoms with E-state index < -0.39 is 0 Å². The van der Waals surface area contributed by atoms with E-state index in [9.17, 15) is 0 Å². The highest BCUT2D eigenvalue weighted by Gasteiger charge is 2.22. The van der Waals surface area contributed by atoms with E-state index in [4.69, 9.17) is 14.6 Å². The number of ether oxygens (including phenoxy) is 2. The quantitative estimate of drug-likeness (QED) is 0.742. The summed E-state index contributed by atoms with van der Waals surface area (Å²) in [4.78, 5) is 2.39. The third kappa shape index (κ3) is 4.39. The first-order chi connectivity index (χ1) is 9.83. The van der Waals surface area contributed by atoms with Crippen LogP contribution in [-0.4, -0.2) is 49.0 Å². The summed E-state index contributed by atoms with van der Waals surface area (Å²) in [6.45, 7) is 6.04. The molecule has 0 fully saturated rings. The zero-order valence-corrected chi connectivity index (χ0v) is 12.3. The number of fused-ring (bicyclic) bond motifs is 1. The van der Waals surface area contributed by atoms with E-state index in [0.717, 1.165) is 50.4 Å². The highest BCUT2D eigenvalue weighted by atomic mass is 16.6. The van der Waals surface area contributed by atoms with Crippen LogP contribution in [0.3, 0.4) is 0 Å². The minimum atomic E-state index is 0.0997. The van der Waals surface area contributed by atoms with Crippen molar-refractivity contribution in [2.45, 2.75) is 32.3 Å². The van der Waals surface area contributed by atoms with Crippen molar-refractivity contribution in [2.75, 3.05) is 32.8 Å². The Morgan fingerprint density at radius 1 is 1.20 bits per heavy atom. The molecule has 1 heterocycles. The van der Waals surface area contributed by atoms with Crippen molar-refractivity contribution in [2.24, 2.45) is 0 Å². The third-order valence-corrected chi connectivity index (χ3v) is 3.61. The SMILES string of the molecule is CCN(CCCCCO)CC1COc2ccccc2O1. The van der Waals surface area contributed by atoms with E-state index in [1.54, 1.807) is 0 Å². The van der Waals surface area contributed by atoms with Crippen molar-refractivity contribution in [1.82, 2.24) is 4.90 Å². The van der Waals surface area contributed by atoms with Crippen molar-refractivity contribution in [1.29, 1.82) is 0 Å². The van der Waals surface area contributed by atoms with Crippen molar-refractivity contribution in [3.63, 3.8) is 0 Å². The molecule has 1 N–H and O–H groups in total. The topological polar surface area (TPSA) is 41.9 Å². The molecule has 4 nitrogen and oxygen atoms in total. The summed E-state index contributed by atoms with van der Waals surface area (Å²) in [6, 6.07) is 7.83. The second-order valence-electron chi connectivity index (χ2n) is 5.18. The highest BCUT2D eigenvalue weighted by molar-refractivity contribution is 5.40. The van der Waals surface area contributed by atoms with Crippen LogP contribution in [0.15, 0.2) is 24.3 Å². The number of rotatable bonds is 8. The van der Waals surface area contributed by atoms with Crippen molar-refractivity contribution in [3.8, 4) is 11.5 Å². The molecule has 20 heavy (non-hydrogen) atoms. The number of hydrogen-bond acceptors (Lipinski definition) is 4. The van der Waals surface area contributed by atoms with Gasteiger partial charge in [0.2, 0.25) is 0 Å². The van der Waals surface area contributed by atoms with Gasteiger partial charge in [0.1, 0.15) is 12.7 Å². The Morgan fingerprint density at radius 3 is 2.75 bits per heavy atom. The number of likely N-dealkylation sites (N-methyl/N-ethyl adjacent to an activating group) is 1. The summed E-state index contributed by atoms with van der Waals surface area (Å²) in [5.74, 6) is 1.69. The second kappa shape index (κ2) is 8.12. The number of aliphatic hydroxyl groups is 1.